The third-order valence-electron chi connectivity index (χ3n) is 10.4. The molecule has 0 spiro atoms. The fraction of sp³-hybridized carbons (Fsp3) is 0.824. The van der Waals surface area contributed by atoms with Crippen LogP contribution < -0.4 is 27.8 Å². The molecular weight excluding hydrogens is 564 g/mol. The highest BCUT2D eigenvalue weighted by Crippen LogP contribution is 2.43. The summed E-state index contributed by atoms with van der Waals surface area (Å²) in [6, 6.07) is 0.586. The lowest BCUT2D eigenvalue weighted by molar-refractivity contribution is -0.120. The van der Waals surface area contributed by atoms with Gasteiger partial charge in [0.1, 0.15) is 0 Å². The van der Waals surface area contributed by atoms with Gasteiger partial charge in [-0.1, -0.05) is 67.2 Å². The molecule has 2 fully saturated rings. The lowest BCUT2D eigenvalue weighted by atomic mass is 9.77. The standard InChI is InChI=1S/C17H33N5O.C17H33N5/c1-6-12(7-2)16(21-11(4)23)15-10(3)13(9-20-5)8-14(15)22-17(18)19;1-6-12(7-2)16(21-8-3)15-11(4)13(10-20-5)9-14(15)22-17(18)19/h9-10,12-16H,6-8H2,1-5H3,(H,21,23)(H4,18,19,22);8,10-16H,6-7,9H2,1-5H3,(H4,18,19,22)/t10-,13-,14-,15-,16?;11-,13-,14-,15-,16?/m11/s1. The second-order valence-corrected chi connectivity index (χ2v) is 13.0. The van der Waals surface area contributed by atoms with E-state index in [1.165, 1.54) is 0 Å². The van der Waals surface area contributed by atoms with Crippen LogP contribution in [0.5, 0.6) is 0 Å². The predicted molar refractivity (Wildman–Crippen MR) is 192 cm³/mol. The highest BCUT2D eigenvalue weighted by Gasteiger charge is 2.47. The molecule has 9 N–H and O–H groups in total. The summed E-state index contributed by atoms with van der Waals surface area (Å²) in [5.74, 6) is 3.37. The van der Waals surface area contributed by atoms with E-state index < -0.39 is 0 Å². The molecule has 0 aromatic heterocycles. The van der Waals surface area contributed by atoms with Crippen molar-refractivity contribution in [2.75, 3.05) is 14.1 Å². The summed E-state index contributed by atoms with van der Waals surface area (Å²) in [4.78, 5) is 29.5. The molecule has 0 aromatic carbocycles. The number of aliphatic imine (C=N–C) groups is 4. The van der Waals surface area contributed by atoms with Crippen molar-refractivity contribution in [2.45, 2.75) is 118 Å². The molecule has 0 aromatic rings. The van der Waals surface area contributed by atoms with Gasteiger partial charge in [-0.25, -0.2) is 4.99 Å². The van der Waals surface area contributed by atoms with Crippen LogP contribution in [0.1, 0.15) is 93.9 Å². The van der Waals surface area contributed by atoms with Crippen molar-refractivity contribution in [1.82, 2.24) is 10.6 Å². The number of hydrogen-bond acceptors (Lipinski definition) is 6. The van der Waals surface area contributed by atoms with Crippen LogP contribution >= 0.6 is 0 Å². The third kappa shape index (κ3) is 11.4. The first-order chi connectivity index (χ1) is 21.3. The van der Waals surface area contributed by atoms with Crippen LogP contribution in [0.25, 0.3) is 0 Å². The maximum absolute atomic E-state index is 11.8. The van der Waals surface area contributed by atoms with Crippen molar-refractivity contribution < 1.29 is 4.79 Å². The third-order valence-corrected chi connectivity index (χ3v) is 10.4. The topological polar surface area (TPSA) is 192 Å². The number of rotatable bonds is 14. The lowest BCUT2D eigenvalue weighted by Crippen LogP contribution is -2.48. The SMILES string of the molecule is CC=NC(C(CC)CC)[C@@H]1[C@H](C)[C@@H](C=NC)C[C@H]1NC(=N)N.CCC(CC)C(NC(C)=O)[C@@H]1[C@H](C)[C@@H](C=NC)C[C@H]1N=C(N)N. The van der Waals surface area contributed by atoms with E-state index >= 15 is 0 Å². The molecule has 1 amide bonds. The Balaban J connectivity index is 0.000000450. The highest BCUT2D eigenvalue weighted by atomic mass is 16.1. The van der Waals surface area contributed by atoms with Crippen molar-refractivity contribution >= 4 is 36.5 Å². The van der Waals surface area contributed by atoms with Crippen molar-refractivity contribution in [2.24, 2.45) is 84.5 Å². The van der Waals surface area contributed by atoms with E-state index in [9.17, 15) is 4.79 Å². The number of guanidine groups is 2. The largest absolute Gasteiger partial charge is 0.370 e. The van der Waals surface area contributed by atoms with Gasteiger partial charge in [-0.2, -0.15) is 0 Å². The summed E-state index contributed by atoms with van der Waals surface area (Å²) in [6.07, 6.45) is 12.1. The Labute approximate surface area is 273 Å². The van der Waals surface area contributed by atoms with Crippen molar-refractivity contribution in [3.63, 3.8) is 0 Å². The predicted octanol–water partition coefficient (Wildman–Crippen LogP) is 4.25. The Kier molecular flexibility index (Phi) is 18.0. The molecule has 2 unspecified atom stereocenters. The van der Waals surface area contributed by atoms with Gasteiger partial charge in [0, 0.05) is 57.4 Å². The van der Waals surface area contributed by atoms with Gasteiger partial charge in [0.2, 0.25) is 5.91 Å². The van der Waals surface area contributed by atoms with E-state index in [1.807, 2.05) is 26.4 Å². The number of nitrogens with one attached hydrogen (secondary N) is 3. The van der Waals surface area contributed by atoms with Crippen LogP contribution in [0, 0.1) is 52.8 Å². The Morgan fingerprint density at radius 1 is 0.889 bits per heavy atom. The monoisotopic (exact) mass is 631 g/mol. The second kappa shape index (κ2) is 20.2. The van der Waals surface area contributed by atoms with E-state index in [1.54, 1.807) is 14.0 Å². The molecule has 2 aliphatic rings. The quantitative estimate of drug-likeness (QED) is 0.123. The zero-order valence-corrected chi connectivity index (χ0v) is 29.8. The van der Waals surface area contributed by atoms with Gasteiger partial charge in [-0.15, -0.1) is 0 Å². The maximum Gasteiger partial charge on any atom is 0.217 e. The Hall–Kier alpha value is -2.98. The average molecular weight is 631 g/mol. The first-order valence-corrected chi connectivity index (χ1v) is 17.1. The van der Waals surface area contributed by atoms with Crippen LogP contribution in [0.4, 0.5) is 0 Å². The molecule has 0 radical (unpaired) electrons. The van der Waals surface area contributed by atoms with Crippen molar-refractivity contribution in [1.29, 1.82) is 5.41 Å². The average Bonchev–Trinajstić information content (AvgIpc) is 3.43. The number of nitrogens with two attached hydrogens (primary N) is 3. The fourth-order valence-corrected chi connectivity index (χ4v) is 8.22. The molecule has 11 heteroatoms. The zero-order valence-electron chi connectivity index (χ0n) is 29.8. The summed E-state index contributed by atoms with van der Waals surface area (Å²) < 4.78 is 0. The summed E-state index contributed by atoms with van der Waals surface area (Å²) in [5.41, 5.74) is 16.9. The molecule has 10 atom stereocenters. The first-order valence-electron chi connectivity index (χ1n) is 17.1. The fourth-order valence-electron chi connectivity index (χ4n) is 8.22. The maximum atomic E-state index is 11.8. The van der Waals surface area contributed by atoms with Crippen LogP contribution in [-0.2, 0) is 4.79 Å². The summed E-state index contributed by atoms with van der Waals surface area (Å²) in [5, 5.41) is 14.0. The number of carbonyl (C=O) groups is 1. The highest BCUT2D eigenvalue weighted by molar-refractivity contribution is 5.76. The molecule has 0 bridgehead atoms. The van der Waals surface area contributed by atoms with E-state index in [0.717, 1.165) is 38.5 Å². The summed E-state index contributed by atoms with van der Waals surface area (Å²) in [7, 11) is 3.62. The molecule has 2 aliphatic carbocycles. The van der Waals surface area contributed by atoms with E-state index in [4.69, 9.17) is 27.6 Å². The first kappa shape index (κ1) is 40.0. The van der Waals surface area contributed by atoms with Crippen LogP contribution in [0.15, 0.2) is 20.0 Å². The van der Waals surface area contributed by atoms with Gasteiger partial charge < -0.3 is 37.8 Å². The minimum Gasteiger partial charge on any atom is -0.370 e. The van der Waals surface area contributed by atoms with Gasteiger partial charge >= 0.3 is 0 Å². The Bertz CT molecular complexity index is 999. The minimum atomic E-state index is 0.00478. The van der Waals surface area contributed by atoms with E-state index in [0.29, 0.717) is 41.4 Å². The molecular formula is C34H66N10O. The molecule has 0 aliphatic heterocycles. The van der Waals surface area contributed by atoms with E-state index in [-0.39, 0.29) is 47.9 Å². The van der Waals surface area contributed by atoms with Crippen molar-refractivity contribution in [3.8, 4) is 0 Å². The number of nitrogens with zero attached hydrogens (tertiary/aromatic N) is 4. The second-order valence-electron chi connectivity index (χ2n) is 13.0. The van der Waals surface area contributed by atoms with Gasteiger partial charge in [-0.3, -0.25) is 15.2 Å². The molecule has 2 rings (SSSR count). The van der Waals surface area contributed by atoms with E-state index in [2.05, 4.69) is 73.4 Å². The molecule has 0 heterocycles. The Morgan fingerprint density at radius 2 is 1.40 bits per heavy atom. The number of amides is 1. The number of hydrogen-bond donors (Lipinski definition) is 6. The van der Waals surface area contributed by atoms with Crippen LogP contribution in [0.3, 0.4) is 0 Å². The minimum absolute atomic E-state index is 0.00478. The summed E-state index contributed by atoms with van der Waals surface area (Å²) in [6.45, 7) is 16.9. The lowest BCUT2D eigenvalue weighted by Gasteiger charge is -2.36. The molecule has 0 saturated heterocycles. The van der Waals surface area contributed by atoms with Gasteiger partial charge in [0.25, 0.3) is 0 Å². The van der Waals surface area contributed by atoms with Gasteiger partial charge in [0.05, 0.1) is 12.1 Å². The van der Waals surface area contributed by atoms with Gasteiger partial charge in [0.15, 0.2) is 11.9 Å². The Morgan fingerprint density at radius 3 is 1.82 bits per heavy atom. The molecule has 2 saturated carbocycles. The zero-order chi connectivity index (χ0) is 34.3. The van der Waals surface area contributed by atoms with Crippen LogP contribution in [-0.4, -0.2) is 74.7 Å². The number of carbonyl (C=O) groups excluding carboxylic acids is 1. The van der Waals surface area contributed by atoms with Crippen LogP contribution in [0.2, 0.25) is 0 Å². The smallest absolute Gasteiger partial charge is 0.217 e. The van der Waals surface area contributed by atoms with Gasteiger partial charge in [-0.05, 0) is 61.5 Å². The summed E-state index contributed by atoms with van der Waals surface area (Å²) >= 11 is 0. The molecule has 11 nitrogen and oxygen atoms in total. The molecule has 258 valence electrons. The normalized spacial score (nSPS) is 29.7. The molecule has 45 heavy (non-hydrogen) atoms. The van der Waals surface area contributed by atoms with Crippen molar-refractivity contribution in [3.05, 3.63) is 0 Å².